The van der Waals surface area contributed by atoms with Gasteiger partial charge in [-0.2, -0.15) is 0 Å². The van der Waals surface area contributed by atoms with Crippen molar-refractivity contribution in [1.82, 2.24) is 19.9 Å². The lowest BCUT2D eigenvalue weighted by Crippen LogP contribution is -2.42. The zero-order valence-electron chi connectivity index (χ0n) is 19.9. The summed E-state index contributed by atoms with van der Waals surface area (Å²) in [6, 6.07) is 16.6. The van der Waals surface area contributed by atoms with E-state index in [0.29, 0.717) is 17.4 Å². The highest BCUT2D eigenvalue weighted by Gasteiger charge is 2.30. The molecule has 1 aliphatic heterocycles. The molecule has 1 aliphatic carbocycles. The summed E-state index contributed by atoms with van der Waals surface area (Å²) < 4.78 is 0. The molecule has 182 valence electrons. The van der Waals surface area contributed by atoms with Gasteiger partial charge in [0.1, 0.15) is 11.5 Å². The second kappa shape index (κ2) is 9.45. The Morgan fingerprint density at radius 1 is 1.03 bits per heavy atom. The summed E-state index contributed by atoms with van der Waals surface area (Å²) in [7, 11) is 0. The minimum atomic E-state index is 0.0721. The minimum absolute atomic E-state index is 0.0721. The molecule has 6 rings (SSSR count). The number of carbonyl (C=O) groups excluding carboxylic acids is 2. The highest BCUT2D eigenvalue weighted by molar-refractivity contribution is 5.96. The van der Waals surface area contributed by atoms with Gasteiger partial charge in [-0.3, -0.25) is 19.5 Å². The number of aromatic amines is 1. The van der Waals surface area contributed by atoms with Gasteiger partial charge in [-0.25, -0.2) is 4.98 Å². The smallest absolute Gasteiger partial charge is 0.253 e. The van der Waals surface area contributed by atoms with Crippen molar-refractivity contribution in [2.24, 2.45) is 0 Å². The van der Waals surface area contributed by atoms with Crippen LogP contribution in [0, 0.1) is 0 Å². The Balaban J connectivity index is 1.14. The van der Waals surface area contributed by atoms with E-state index in [1.807, 2.05) is 23.2 Å². The van der Waals surface area contributed by atoms with Crippen molar-refractivity contribution in [3.63, 3.8) is 0 Å². The SMILES string of the molecule is O=CN(c1cc(-c2ccc(NC3CCN(C(=O)c4ccncc4)CC3)cc2)c2cc[nH]c2n1)C1CC1. The third-order valence-corrected chi connectivity index (χ3v) is 7.11. The van der Waals surface area contributed by atoms with Crippen molar-refractivity contribution < 1.29 is 9.59 Å². The Hall–Kier alpha value is -4.20. The summed E-state index contributed by atoms with van der Waals surface area (Å²) >= 11 is 0. The first kappa shape index (κ1) is 22.3. The van der Waals surface area contributed by atoms with E-state index in [9.17, 15) is 9.59 Å². The fraction of sp³-hybridized carbons (Fsp3) is 0.286. The quantitative estimate of drug-likeness (QED) is 0.381. The highest BCUT2D eigenvalue weighted by atomic mass is 16.2. The largest absolute Gasteiger partial charge is 0.382 e. The molecule has 8 heteroatoms. The summed E-state index contributed by atoms with van der Waals surface area (Å²) in [5, 5.41) is 4.67. The number of aromatic nitrogens is 3. The average Bonchev–Trinajstić information content (AvgIpc) is 3.65. The lowest BCUT2D eigenvalue weighted by atomic mass is 10.0. The first-order chi connectivity index (χ1) is 17.7. The predicted octanol–water partition coefficient (Wildman–Crippen LogP) is 4.47. The van der Waals surface area contributed by atoms with Crippen LogP contribution in [0.25, 0.3) is 22.2 Å². The number of nitrogens with zero attached hydrogens (tertiary/aromatic N) is 4. The molecule has 4 aromatic rings. The summed E-state index contributed by atoms with van der Waals surface area (Å²) in [6.45, 7) is 1.47. The molecular formula is C28H28N6O2. The Labute approximate surface area is 209 Å². The number of carbonyl (C=O) groups is 2. The van der Waals surface area contributed by atoms with Gasteiger partial charge in [-0.15, -0.1) is 0 Å². The van der Waals surface area contributed by atoms with E-state index in [1.54, 1.807) is 29.4 Å². The van der Waals surface area contributed by atoms with Crippen molar-refractivity contribution in [3.8, 4) is 11.1 Å². The molecule has 4 heterocycles. The number of fused-ring (bicyclic) bond motifs is 1. The molecule has 0 radical (unpaired) electrons. The van der Waals surface area contributed by atoms with E-state index in [1.165, 1.54) is 0 Å². The molecule has 2 N–H and O–H groups in total. The molecule has 0 spiro atoms. The average molecular weight is 481 g/mol. The lowest BCUT2D eigenvalue weighted by molar-refractivity contribution is -0.107. The van der Waals surface area contributed by atoms with Gasteiger partial charge in [-0.1, -0.05) is 12.1 Å². The van der Waals surface area contributed by atoms with Gasteiger partial charge in [0.2, 0.25) is 6.41 Å². The number of hydrogen-bond donors (Lipinski definition) is 2. The number of anilines is 2. The summed E-state index contributed by atoms with van der Waals surface area (Å²) in [4.78, 5) is 39.9. The maximum atomic E-state index is 12.7. The number of hydrogen-bond acceptors (Lipinski definition) is 5. The molecule has 36 heavy (non-hydrogen) atoms. The Kier molecular flexibility index (Phi) is 5.85. The summed E-state index contributed by atoms with van der Waals surface area (Å²) in [6.07, 6.45) is 9.94. The number of H-pyrrole nitrogens is 1. The minimum Gasteiger partial charge on any atom is -0.382 e. The first-order valence-electron chi connectivity index (χ1n) is 12.5. The van der Waals surface area contributed by atoms with Crippen LogP contribution in [0.4, 0.5) is 11.5 Å². The van der Waals surface area contributed by atoms with Crippen LogP contribution in [0.3, 0.4) is 0 Å². The molecule has 2 aliphatic rings. The van der Waals surface area contributed by atoms with Crippen molar-refractivity contribution in [2.75, 3.05) is 23.3 Å². The van der Waals surface area contributed by atoms with Gasteiger partial charge in [0, 0.05) is 60.4 Å². The van der Waals surface area contributed by atoms with Crippen LogP contribution in [0.1, 0.15) is 36.0 Å². The van der Waals surface area contributed by atoms with Gasteiger partial charge in [0.05, 0.1) is 0 Å². The van der Waals surface area contributed by atoms with E-state index in [2.05, 4.69) is 44.5 Å². The Morgan fingerprint density at radius 3 is 2.47 bits per heavy atom. The predicted molar refractivity (Wildman–Crippen MR) is 140 cm³/mol. The summed E-state index contributed by atoms with van der Waals surface area (Å²) in [5.41, 5.74) is 4.66. The van der Waals surface area contributed by atoms with E-state index in [-0.39, 0.29) is 11.9 Å². The second-order valence-electron chi connectivity index (χ2n) is 9.54. The topological polar surface area (TPSA) is 94.2 Å². The number of nitrogens with one attached hydrogen (secondary N) is 2. The van der Waals surface area contributed by atoms with Gasteiger partial charge in [0.15, 0.2) is 0 Å². The maximum Gasteiger partial charge on any atom is 0.253 e. The van der Waals surface area contributed by atoms with Crippen LogP contribution in [-0.4, -0.2) is 57.3 Å². The number of pyridine rings is 2. The molecule has 2 fully saturated rings. The van der Waals surface area contributed by atoms with Crippen molar-refractivity contribution in [1.29, 1.82) is 0 Å². The zero-order valence-corrected chi connectivity index (χ0v) is 19.9. The molecule has 1 aromatic carbocycles. The molecular weight excluding hydrogens is 452 g/mol. The fourth-order valence-electron chi connectivity index (χ4n) is 4.96. The fourth-order valence-corrected chi connectivity index (χ4v) is 4.96. The van der Waals surface area contributed by atoms with Crippen LogP contribution in [0.5, 0.6) is 0 Å². The Bertz CT molecular complexity index is 1370. The highest BCUT2D eigenvalue weighted by Crippen LogP contribution is 2.35. The normalized spacial score (nSPS) is 16.2. The third-order valence-electron chi connectivity index (χ3n) is 7.11. The van der Waals surface area contributed by atoms with E-state index < -0.39 is 0 Å². The first-order valence-corrected chi connectivity index (χ1v) is 12.5. The number of amides is 2. The summed E-state index contributed by atoms with van der Waals surface area (Å²) in [5.74, 6) is 0.760. The molecule has 0 bridgehead atoms. The number of piperidine rings is 1. The number of benzene rings is 1. The third kappa shape index (κ3) is 4.42. The molecule has 1 saturated carbocycles. The van der Waals surface area contributed by atoms with Crippen LogP contribution in [-0.2, 0) is 4.79 Å². The van der Waals surface area contributed by atoms with Crippen LogP contribution < -0.4 is 10.2 Å². The van der Waals surface area contributed by atoms with E-state index >= 15 is 0 Å². The molecule has 8 nitrogen and oxygen atoms in total. The molecule has 0 atom stereocenters. The van der Waals surface area contributed by atoms with E-state index in [0.717, 1.165) is 73.0 Å². The van der Waals surface area contributed by atoms with Crippen molar-refractivity contribution in [2.45, 2.75) is 37.8 Å². The van der Waals surface area contributed by atoms with Gasteiger partial charge in [-0.05, 0) is 73.2 Å². The van der Waals surface area contributed by atoms with E-state index in [4.69, 9.17) is 0 Å². The van der Waals surface area contributed by atoms with Crippen LogP contribution in [0.2, 0.25) is 0 Å². The number of rotatable bonds is 7. The van der Waals surface area contributed by atoms with Crippen LogP contribution >= 0.6 is 0 Å². The molecule has 3 aromatic heterocycles. The van der Waals surface area contributed by atoms with Gasteiger partial charge >= 0.3 is 0 Å². The Morgan fingerprint density at radius 2 is 1.78 bits per heavy atom. The molecule has 1 saturated heterocycles. The van der Waals surface area contributed by atoms with Gasteiger partial charge in [0.25, 0.3) is 5.91 Å². The standard InChI is InChI=1S/C28H28N6O2/c35-18-34(23-5-6-23)26-17-25(24-9-14-30-27(24)32-26)19-1-3-21(4-2-19)31-22-10-15-33(16-11-22)28(36)20-7-12-29-13-8-20/h1-4,7-9,12-14,17-18,22-23,31H,5-6,10-11,15-16H2,(H,30,32). The second-order valence-corrected chi connectivity index (χ2v) is 9.54. The maximum absolute atomic E-state index is 12.7. The molecule has 0 unspecified atom stereocenters. The monoisotopic (exact) mass is 480 g/mol. The van der Waals surface area contributed by atoms with Crippen molar-refractivity contribution in [3.05, 3.63) is 72.7 Å². The molecule has 2 amide bonds. The lowest BCUT2D eigenvalue weighted by Gasteiger charge is -2.33. The van der Waals surface area contributed by atoms with Crippen molar-refractivity contribution >= 4 is 34.9 Å². The van der Waals surface area contributed by atoms with Crippen LogP contribution in [0.15, 0.2) is 67.1 Å². The van der Waals surface area contributed by atoms with Gasteiger partial charge < -0.3 is 15.2 Å². The number of likely N-dealkylation sites (tertiary alicyclic amines) is 1. The zero-order chi connectivity index (χ0) is 24.5.